The first-order valence-electron chi connectivity index (χ1n) is 8.81. The van der Waals surface area contributed by atoms with E-state index in [-0.39, 0.29) is 11.2 Å². The van der Waals surface area contributed by atoms with Crippen LogP contribution in [0.4, 0.5) is 0 Å². The van der Waals surface area contributed by atoms with Crippen molar-refractivity contribution >= 4 is 28.5 Å². The molecule has 0 bridgehead atoms. The van der Waals surface area contributed by atoms with Gasteiger partial charge in [0.25, 0.3) is 0 Å². The molecule has 0 N–H and O–H groups in total. The molecule has 3 rings (SSSR count). The number of fused-ring (bicyclic) bond motifs is 1. The van der Waals surface area contributed by atoms with Crippen molar-refractivity contribution in [2.45, 2.75) is 26.4 Å². The Hall–Kier alpha value is -2.99. The van der Waals surface area contributed by atoms with Gasteiger partial charge in [0.15, 0.2) is 6.10 Å². The van der Waals surface area contributed by atoms with Gasteiger partial charge in [0.05, 0.1) is 17.0 Å². The Labute approximate surface area is 166 Å². The van der Waals surface area contributed by atoms with Gasteiger partial charge in [-0.25, -0.2) is 4.79 Å². The number of carbonyl (C=O) groups excluding carboxylic acids is 1. The van der Waals surface area contributed by atoms with Crippen LogP contribution in [0.2, 0.25) is 5.02 Å². The molecular weight excluding hydrogens is 384 g/mol. The summed E-state index contributed by atoms with van der Waals surface area (Å²) >= 11 is 6.06. The van der Waals surface area contributed by atoms with Crippen LogP contribution in [0.25, 0.3) is 11.0 Å². The molecule has 0 radical (unpaired) electrons. The number of rotatable bonds is 7. The van der Waals surface area contributed by atoms with E-state index in [9.17, 15) is 9.59 Å². The molecule has 146 valence electrons. The van der Waals surface area contributed by atoms with Crippen molar-refractivity contribution in [1.82, 2.24) is 0 Å². The Morgan fingerprint density at radius 2 is 1.96 bits per heavy atom. The minimum atomic E-state index is -0.779. The summed E-state index contributed by atoms with van der Waals surface area (Å²) in [6.45, 7) is 3.85. The Morgan fingerprint density at radius 1 is 1.18 bits per heavy atom. The minimum Gasteiger partial charge on any atom is -0.479 e. The fourth-order valence-electron chi connectivity index (χ4n) is 2.45. The molecule has 0 spiro atoms. The van der Waals surface area contributed by atoms with E-state index in [1.165, 1.54) is 6.26 Å². The number of carbonyl (C=O) groups is 1. The minimum absolute atomic E-state index is 0.0192. The van der Waals surface area contributed by atoms with Gasteiger partial charge in [-0.15, -0.1) is 0 Å². The van der Waals surface area contributed by atoms with Crippen LogP contribution in [-0.2, 0) is 9.53 Å². The molecule has 1 heterocycles. The lowest BCUT2D eigenvalue weighted by Crippen LogP contribution is -2.26. The van der Waals surface area contributed by atoms with Crippen molar-refractivity contribution in [1.29, 1.82) is 0 Å². The van der Waals surface area contributed by atoms with Crippen molar-refractivity contribution < 1.29 is 23.4 Å². The number of hydrogen-bond acceptors (Lipinski definition) is 6. The molecule has 1 aromatic heterocycles. The molecule has 3 aromatic rings. The lowest BCUT2D eigenvalue weighted by Gasteiger charge is -2.14. The summed E-state index contributed by atoms with van der Waals surface area (Å²) in [4.78, 5) is 24.5. The first-order valence-corrected chi connectivity index (χ1v) is 9.18. The van der Waals surface area contributed by atoms with Crippen molar-refractivity contribution in [3.05, 3.63) is 64.0 Å². The molecule has 0 unspecified atom stereocenters. The summed E-state index contributed by atoms with van der Waals surface area (Å²) < 4.78 is 21.7. The highest BCUT2D eigenvalue weighted by atomic mass is 35.5. The maximum Gasteiger partial charge on any atom is 0.347 e. The Balaban J connectivity index is 1.81. The molecule has 6 nitrogen and oxygen atoms in total. The quantitative estimate of drug-likeness (QED) is 0.520. The first-order chi connectivity index (χ1) is 13.5. The van der Waals surface area contributed by atoms with E-state index in [2.05, 4.69) is 0 Å². The van der Waals surface area contributed by atoms with Gasteiger partial charge in [0, 0.05) is 6.07 Å². The van der Waals surface area contributed by atoms with E-state index in [0.29, 0.717) is 34.1 Å². The largest absolute Gasteiger partial charge is 0.479 e. The molecule has 1 atom stereocenters. The molecule has 0 saturated carbocycles. The lowest BCUT2D eigenvalue weighted by molar-refractivity contribution is -0.151. The number of esters is 1. The maximum atomic E-state index is 12.7. The van der Waals surface area contributed by atoms with Gasteiger partial charge < -0.3 is 18.6 Å². The third kappa shape index (κ3) is 4.46. The van der Waals surface area contributed by atoms with Gasteiger partial charge in [-0.1, -0.05) is 30.7 Å². The third-order valence-corrected chi connectivity index (χ3v) is 4.18. The first kappa shape index (κ1) is 19.8. The number of halogens is 1. The fraction of sp³-hybridized carbons (Fsp3) is 0.238. The van der Waals surface area contributed by atoms with E-state index in [0.717, 1.165) is 6.42 Å². The molecule has 0 aliphatic carbocycles. The normalized spacial score (nSPS) is 11.8. The standard InChI is InChI=1S/C21H19ClO6/c1-3-10-25-21(24)13(2)27-14-8-9-15-18(11-14)26-12-19(20(15)23)28-17-7-5-4-6-16(17)22/h4-9,11-13H,3,10H2,1-2H3/t13-/m0/s1. The fourth-order valence-corrected chi connectivity index (χ4v) is 2.63. The monoisotopic (exact) mass is 402 g/mol. The summed E-state index contributed by atoms with van der Waals surface area (Å²) in [7, 11) is 0. The van der Waals surface area contributed by atoms with Crippen molar-refractivity contribution in [3.8, 4) is 17.2 Å². The van der Waals surface area contributed by atoms with E-state index in [4.69, 9.17) is 30.2 Å². The van der Waals surface area contributed by atoms with Gasteiger partial charge in [0.2, 0.25) is 11.2 Å². The number of ether oxygens (including phenoxy) is 3. The highest BCUT2D eigenvalue weighted by molar-refractivity contribution is 6.32. The van der Waals surface area contributed by atoms with Crippen LogP contribution in [0.5, 0.6) is 17.2 Å². The predicted octanol–water partition coefficient (Wildman–Crippen LogP) is 4.96. The van der Waals surface area contributed by atoms with Crippen LogP contribution in [0.1, 0.15) is 20.3 Å². The number of para-hydroxylation sites is 1. The van der Waals surface area contributed by atoms with Crippen LogP contribution in [-0.4, -0.2) is 18.7 Å². The second-order valence-electron chi connectivity index (χ2n) is 6.05. The number of hydrogen-bond donors (Lipinski definition) is 0. The molecule has 0 fully saturated rings. The summed E-state index contributed by atoms with van der Waals surface area (Å²) in [5, 5.41) is 0.702. The molecule has 2 aromatic carbocycles. The molecule has 0 amide bonds. The summed E-state index contributed by atoms with van der Waals surface area (Å²) in [6.07, 6.45) is 1.17. The van der Waals surface area contributed by atoms with Crippen LogP contribution < -0.4 is 14.9 Å². The third-order valence-electron chi connectivity index (χ3n) is 3.86. The molecule has 0 aliphatic rings. The zero-order valence-electron chi connectivity index (χ0n) is 15.4. The summed E-state index contributed by atoms with van der Waals surface area (Å²) in [5.41, 5.74) is -0.0359. The summed E-state index contributed by atoms with van der Waals surface area (Å²) in [6, 6.07) is 11.5. The predicted molar refractivity (Wildman–Crippen MR) is 105 cm³/mol. The SMILES string of the molecule is CCCOC(=O)[C@H](C)Oc1ccc2c(=O)c(Oc3ccccc3Cl)coc2c1. The topological polar surface area (TPSA) is 75.0 Å². The maximum absolute atomic E-state index is 12.7. The molecular formula is C21H19ClO6. The van der Waals surface area contributed by atoms with E-state index < -0.39 is 12.1 Å². The summed E-state index contributed by atoms with van der Waals surface area (Å²) in [5.74, 6) is 0.309. The Bertz CT molecular complexity index is 1040. The lowest BCUT2D eigenvalue weighted by atomic mass is 10.2. The zero-order valence-corrected chi connectivity index (χ0v) is 16.2. The smallest absolute Gasteiger partial charge is 0.347 e. The van der Waals surface area contributed by atoms with E-state index in [1.54, 1.807) is 49.4 Å². The van der Waals surface area contributed by atoms with Gasteiger partial charge in [-0.2, -0.15) is 0 Å². The van der Waals surface area contributed by atoms with E-state index >= 15 is 0 Å². The average molecular weight is 403 g/mol. The second-order valence-corrected chi connectivity index (χ2v) is 6.45. The highest BCUT2D eigenvalue weighted by Gasteiger charge is 2.17. The highest BCUT2D eigenvalue weighted by Crippen LogP contribution is 2.29. The Morgan fingerprint density at radius 3 is 2.71 bits per heavy atom. The Kier molecular flexibility index (Phi) is 6.21. The van der Waals surface area contributed by atoms with Crippen molar-refractivity contribution in [2.24, 2.45) is 0 Å². The van der Waals surface area contributed by atoms with Gasteiger partial charge in [0.1, 0.15) is 23.3 Å². The van der Waals surface area contributed by atoms with Crippen LogP contribution >= 0.6 is 11.6 Å². The van der Waals surface area contributed by atoms with E-state index in [1.807, 2.05) is 6.92 Å². The van der Waals surface area contributed by atoms with Crippen LogP contribution in [0, 0.1) is 0 Å². The molecule has 0 aliphatic heterocycles. The van der Waals surface area contributed by atoms with Crippen molar-refractivity contribution in [2.75, 3.05) is 6.61 Å². The van der Waals surface area contributed by atoms with Gasteiger partial charge >= 0.3 is 5.97 Å². The van der Waals surface area contributed by atoms with Gasteiger partial charge in [-0.3, -0.25) is 4.79 Å². The molecule has 28 heavy (non-hydrogen) atoms. The number of benzene rings is 2. The average Bonchev–Trinajstić information content (AvgIpc) is 2.69. The zero-order chi connectivity index (χ0) is 20.1. The van der Waals surface area contributed by atoms with Crippen LogP contribution in [0.3, 0.4) is 0 Å². The molecule has 7 heteroatoms. The van der Waals surface area contributed by atoms with Crippen LogP contribution in [0.15, 0.2) is 57.9 Å². The van der Waals surface area contributed by atoms with Crippen molar-refractivity contribution in [3.63, 3.8) is 0 Å². The van der Waals surface area contributed by atoms with Gasteiger partial charge in [-0.05, 0) is 37.6 Å². The second kappa shape index (κ2) is 8.80. The molecule has 0 saturated heterocycles.